The van der Waals surface area contributed by atoms with Crippen LogP contribution in [0.25, 0.3) is 26.0 Å². The van der Waals surface area contributed by atoms with E-state index in [4.69, 9.17) is 4.74 Å². The van der Waals surface area contributed by atoms with Crippen molar-refractivity contribution in [2.75, 3.05) is 18.4 Å². The minimum atomic E-state index is -0.497. The van der Waals surface area contributed by atoms with Crippen molar-refractivity contribution in [1.82, 2.24) is 14.9 Å². The van der Waals surface area contributed by atoms with E-state index >= 15 is 0 Å². The Kier molecular flexibility index (Phi) is 4.91. The Morgan fingerprint density at radius 3 is 2.90 bits per heavy atom. The predicted molar refractivity (Wildman–Crippen MR) is 128 cm³/mol. The summed E-state index contributed by atoms with van der Waals surface area (Å²) < 4.78 is 6.68. The van der Waals surface area contributed by atoms with Gasteiger partial charge in [-0.3, -0.25) is 0 Å². The summed E-state index contributed by atoms with van der Waals surface area (Å²) in [6, 6.07) is 10.4. The molecule has 0 fully saturated rings. The molecule has 0 aliphatic carbocycles. The first-order valence-electron chi connectivity index (χ1n) is 10.0. The van der Waals surface area contributed by atoms with Crippen molar-refractivity contribution in [3.8, 4) is 0 Å². The fourth-order valence-electron chi connectivity index (χ4n) is 3.50. The average Bonchev–Trinajstić information content (AvgIpc) is 3.45. The average molecular weight is 451 g/mol. The molecule has 1 aromatic carbocycles. The third-order valence-electron chi connectivity index (χ3n) is 4.93. The lowest BCUT2D eigenvalue weighted by Crippen LogP contribution is -2.35. The summed E-state index contributed by atoms with van der Waals surface area (Å²) in [5.41, 5.74) is 5.48. The highest BCUT2D eigenvalue weighted by Gasteiger charge is 2.26. The lowest BCUT2D eigenvalue weighted by Gasteiger charge is -2.24. The molecule has 0 unspecified atom stereocenters. The van der Waals surface area contributed by atoms with Gasteiger partial charge in [-0.1, -0.05) is 6.08 Å². The molecule has 6 nitrogen and oxygen atoms in total. The summed E-state index contributed by atoms with van der Waals surface area (Å²) in [5, 5.41) is 4.58. The molecule has 31 heavy (non-hydrogen) atoms. The van der Waals surface area contributed by atoms with Crippen molar-refractivity contribution in [2.24, 2.45) is 0 Å². The lowest BCUT2D eigenvalue weighted by molar-refractivity contribution is 0.0306. The third-order valence-corrected chi connectivity index (χ3v) is 6.86. The van der Waals surface area contributed by atoms with Crippen molar-refractivity contribution in [1.29, 1.82) is 0 Å². The van der Waals surface area contributed by atoms with E-state index in [0.717, 1.165) is 37.6 Å². The maximum Gasteiger partial charge on any atom is 0.410 e. The highest BCUT2D eigenvalue weighted by molar-refractivity contribution is 7.19. The molecule has 5 rings (SSSR count). The summed E-state index contributed by atoms with van der Waals surface area (Å²) in [4.78, 5) is 25.2. The number of fused-ring (bicyclic) bond motifs is 2. The van der Waals surface area contributed by atoms with Gasteiger partial charge < -0.3 is 15.0 Å². The van der Waals surface area contributed by atoms with E-state index in [9.17, 15) is 4.79 Å². The summed E-state index contributed by atoms with van der Waals surface area (Å²) >= 11 is 3.28. The fraction of sp³-hybridized carbons (Fsp3) is 0.261. The quantitative estimate of drug-likeness (QED) is 0.398. The van der Waals surface area contributed by atoms with Crippen molar-refractivity contribution in [3.63, 3.8) is 0 Å². The molecule has 3 aromatic heterocycles. The molecule has 0 atom stereocenters. The molecule has 4 heterocycles. The molecule has 0 radical (unpaired) electrons. The Balaban J connectivity index is 1.38. The van der Waals surface area contributed by atoms with Gasteiger partial charge in [-0.25, -0.2) is 14.8 Å². The van der Waals surface area contributed by atoms with Crippen LogP contribution in [0.4, 0.5) is 16.2 Å². The standard InChI is InChI=1S/C23H22N4O2S2/c1-23(2,3)29-22(28)27-9-7-14(12-27)20-11-16-17(6-8-24-21(16)31-20)26-15-4-5-19-18(10-15)25-13-30-19/h4-8,10-11,13H,9,12H2,1-3H3,(H,24,26). The number of aromatic nitrogens is 2. The van der Waals surface area contributed by atoms with Gasteiger partial charge in [0.2, 0.25) is 0 Å². The predicted octanol–water partition coefficient (Wildman–Crippen LogP) is 6.28. The SMILES string of the molecule is CC(C)(C)OC(=O)N1CC=C(c2cc3c(Nc4ccc5scnc5c4)ccnc3s2)C1. The number of pyridine rings is 1. The topological polar surface area (TPSA) is 67.3 Å². The van der Waals surface area contributed by atoms with E-state index in [1.165, 1.54) is 4.70 Å². The van der Waals surface area contributed by atoms with Gasteiger partial charge in [-0.15, -0.1) is 22.7 Å². The van der Waals surface area contributed by atoms with E-state index in [1.54, 1.807) is 27.6 Å². The first kappa shape index (κ1) is 20.0. The number of carbonyl (C=O) groups is 1. The smallest absolute Gasteiger partial charge is 0.410 e. The van der Waals surface area contributed by atoms with Gasteiger partial charge in [-0.05, 0) is 56.7 Å². The second kappa shape index (κ2) is 7.62. The summed E-state index contributed by atoms with van der Waals surface area (Å²) in [5.74, 6) is 0. The molecule has 1 aliphatic rings. The zero-order valence-electron chi connectivity index (χ0n) is 17.5. The maximum absolute atomic E-state index is 12.4. The molecule has 4 aromatic rings. The Hall–Kier alpha value is -2.97. The minimum Gasteiger partial charge on any atom is -0.444 e. The monoisotopic (exact) mass is 450 g/mol. The minimum absolute atomic E-state index is 0.280. The molecule has 0 saturated heterocycles. The Bertz CT molecular complexity index is 1320. The second-order valence-corrected chi connectivity index (χ2v) is 10.4. The Morgan fingerprint density at radius 2 is 2.06 bits per heavy atom. The zero-order chi connectivity index (χ0) is 21.6. The van der Waals surface area contributed by atoms with Gasteiger partial charge in [0.1, 0.15) is 10.4 Å². The first-order chi connectivity index (χ1) is 14.9. The Morgan fingerprint density at radius 1 is 1.19 bits per heavy atom. The summed E-state index contributed by atoms with van der Waals surface area (Å²) in [6.45, 7) is 6.75. The van der Waals surface area contributed by atoms with Crippen molar-refractivity contribution in [3.05, 3.63) is 53.0 Å². The van der Waals surface area contributed by atoms with Gasteiger partial charge in [-0.2, -0.15) is 0 Å². The van der Waals surface area contributed by atoms with E-state index in [-0.39, 0.29) is 6.09 Å². The molecule has 0 saturated carbocycles. The number of nitrogens with one attached hydrogen (secondary N) is 1. The molecule has 158 valence electrons. The van der Waals surface area contributed by atoms with Gasteiger partial charge in [0.25, 0.3) is 0 Å². The van der Waals surface area contributed by atoms with Gasteiger partial charge in [0.15, 0.2) is 0 Å². The van der Waals surface area contributed by atoms with Crippen LogP contribution in [0.15, 0.2) is 48.1 Å². The maximum atomic E-state index is 12.4. The van der Waals surface area contributed by atoms with Gasteiger partial charge >= 0.3 is 6.09 Å². The zero-order valence-corrected chi connectivity index (χ0v) is 19.1. The van der Waals surface area contributed by atoms with Crippen molar-refractivity contribution >= 4 is 66.1 Å². The van der Waals surface area contributed by atoms with Crippen LogP contribution in [0.5, 0.6) is 0 Å². The number of amides is 1. The first-order valence-corrected chi connectivity index (χ1v) is 11.7. The number of hydrogen-bond acceptors (Lipinski definition) is 7. The van der Waals surface area contributed by atoms with Crippen molar-refractivity contribution < 1.29 is 9.53 Å². The summed E-state index contributed by atoms with van der Waals surface area (Å²) in [6.07, 6.45) is 3.64. The summed E-state index contributed by atoms with van der Waals surface area (Å²) in [7, 11) is 0. The second-order valence-electron chi connectivity index (χ2n) is 8.44. The van der Waals surface area contributed by atoms with Crippen LogP contribution in [0.1, 0.15) is 25.6 Å². The number of hydrogen-bond donors (Lipinski definition) is 1. The molecular formula is C23H22N4O2S2. The van der Waals surface area contributed by atoms with Gasteiger partial charge in [0, 0.05) is 28.7 Å². The molecule has 0 bridgehead atoms. The number of anilines is 2. The Labute approximate surface area is 188 Å². The molecule has 0 spiro atoms. The van der Waals surface area contributed by atoms with E-state index < -0.39 is 5.60 Å². The van der Waals surface area contributed by atoms with Crippen LogP contribution in [-0.4, -0.2) is 39.7 Å². The number of nitrogens with zero attached hydrogens (tertiary/aromatic N) is 3. The molecule has 1 N–H and O–H groups in total. The number of carbonyl (C=O) groups excluding carboxylic acids is 1. The largest absolute Gasteiger partial charge is 0.444 e. The molecule has 1 amide bonds. The van der Waals surface area contributed by atoms with Crippen LogP contribution in [-0.2, 0) is 4.74 Å². The van der Waals surface area contributed by atoms with E-state index in [1.807, 2.05) is 38.5 Å². The van der Waals surface area contributed by atoms with Crippen LogP contribution in [0, 0.1) is 0 Å². The highest BCUT2D eigenvalue weighted by atomic mass is 32.1. The number of rotatable bonds is 3. The highest BCUT2D eigenvalue weighted by Crippen LogP contribution is 2.36. The van der Waals surface area contributed by atoms with Crippen molar-refractivity contribution in [2.45, 2.75) is 26.4 Å². The lowest BCUT2D eigenvalue weighted by atomic mass is 10.2. The number of thiazole rings is 1. The molecular weight excluding hydrogens is 428 g/mol. The third kappa shape index (κ3) is 4.13. The van der Waals surface area contributed by atoms with Crippen LogP contribution in [0.2, 0.25) is 0 Å². The van der Waals surface area contributed by atoms with Crippen LogP contribution >= 0.6 is 22.7 Å². The van der Waals surface area contributed by atoms with Crippen LogP contribution in [0.3, 0.4) is 0 Å². The van der Waals surface area contributed by atoms with Crippen LogP contribution < -0.4 is 5.32 Å². The normalized spacial score (nSPS) is 14.3. The van der Waals surface area contributed by atoms with E-state index in [0.29, 0.717) is 13.1 Å². The van der Waals surface area contributed by atoms with E-state index in [2.05, 4.69) is 45.6 Å². The molecule has 8 heteroatoms. The molecule has 1 aliphatic heterocycles. The number of benzene rings is 1. The number of ether oxygens (including phenoxy) is 1. The number of thiophene rings is 1. The fourth-order valence-corrected chi connectivity index (χ4v) is 5.21. The van der Waals surface area contributed by atoms with Gasteiger partial charge in [0.05, 0.1) is 28.0 Å².